The summed E-state index contributed by atoms with van der Waals surface area (Å²) in [6.45, 7) is 3.96. The molecule has 0 aliphatic heterocycles. The molecule has 126 valence electrons. The van der Waals surface area contributed by atoms with Crippen LogP contribution in [0.2, 0.25) is 0 Å². The van der Waals surface area contributed by atoms with Crippen molar-refractivity contribution >= 4 is 17.5 Å². The Bertz CT molecular complexity index is 724. The van der Waals surface area contributed by atoms with Crippen molar-refractivity contribution in [2.45, 2.75) is 26.8 Å². The van der Waals surface area contributed by atoms with Crippen molar-refractivity contribution in [2.24, 2.45) is 0 Å². The third kappa shape index (κ3) is 4.59. The normalized spacial score (nSPS) is 10.1. The van der Waals surface area contributed by atoms with Crippen molar-refractivity contribution in [3.63, 3.8) is 0 Å². The summed E-state index contributed by atoms with van der Waals surface area (Å²) in [5.41, 5.74) is 3.36. The van der Waals surface area contributed by atoms with Gasteiger partial charge in [0.05, 0.1) is 7.11 Å². The summed E-state index contributed by atoms with van der Waals surface area (Å²) in [5.74, 6) is 0.567. The van der Waals surface area contributed by atoms with E-state index in [1.807, 2.05) is 18.2 Å². The summed E-state index contributed by atoms with van der Waals surface area (Å²) in [6, 6.07) is 12.7. The van der Waals surface area contributed by atoms with Gasteiger partial charge in [0.1, 0.15) is 5.75 Å². The molecule has 0 aliphatic rings. The minimum Gasteiger partial charge on any atom is -0.496 e. The number of hydrogen-bond donors (Lipinski definition) is 2. The number of nitrogens with one attached hydrogen (secondary N) is 2. The molecular weight excluding hydrogens is 304 g/mol. The molecule has 0 atom stereocenters. The summed E-state index contributed by atoms with van der Waals surface area (Å²) >= 11 is 0. The topological polar surface area (TPSA) is 67.4 Å². The molecule has 24 heavy (non-hydrogen) atoms. The van der Waals surface area contributed by atoms with Gasteiger partial charge in [0.2, 0.25) is 5.91 Å². The molecule has 0 spiro atoms. The van der Waals surface area contributed by atoms with E-state index in [9.17, 15) is 9.59 Å². The first-order valence-corrected chi connectivity index (χ1v) is 7.85. The van der Waals surface area contributed by atoms with E-state index < -0.39 is 0 Å². The summed E-state index contributed by atoms with van der Waals surface area (Å²) in [6.07, 6.45) is 0.871. The van der Waals surface area contributed by atoms with E-state index in [-0.39, 0.29) is 11.8 Å². The first kappa shape index (κ1) is 17.5. The van der Waals surface area contributed by atoms with E-state index in [0.29, 0.717) is 17.8 Å². The van der Waals surface area contributed by atoms with Crippen LogP contribution in [0, 0.1) is 0 Å². The smallest absolute Gasteiger partial charge is 0.251 e. The lowest BCUT2D eigenvalue weighted by Crippen LogP contribution is -2.22. The van der Waals surface area contributed by atoms with Crippen molar-refractivity contribution in [1.82, 2.24) is 5.32 Å². The van der Waals surface area contributed by atoms with Crippen LogP contribution in [-0.4, -0.2) is 18.9 Å². The molecule has 2 N–H and O–H groups in total. The zero-order valence-electron chi connectivity index (χ0n) is 14.2. The van der Waals surface area contributed by atoms with Crippen molar-refractivity contribution in [2.75, 3.05) is 12.4 Å². The highest BCUT2D eigenvalue weighted by atomic mass is 16.5. The van der Waals surface area contributed by atoms with Gasteiger partial charge in [0, 0.05) is 24.7 Å². The third-order valence-corrected chi connectivity index (χ3v) is 3.65. The van der Waals surface area contributed by atoms with Crippen LogP contribution in [0.3, 0.4) is 0 Å². The lowest BCUT2D eigenvalue weighted by molar-refractivity contribution is -0.114. The average Bonchev–Trinajstić information content (AvgIpc) is 2.59. The van der Waals surface area contributed by atoms with Gasteiger partial charge in [-0.05, 0) is 47.9 Å². The van der Waals surface area contributed by atoms with Gasteiger partial charge in [-0.15, -0.1) is 0 Å². The second kappa shape index (κ2) is 8.15. The number of rotatable bonds is 6. The zero-order chi connectivity index (χ0) is 17.5. The predicted octanol–water partition coefficient (Wildman–Crippen LogP) is 3.15. The molecule has 2 amide bonds. The summed E-state index contributed by atoms with van der Waals surface area (Å²) in [7, 11) is 1.65. The largest absolute Gasteiger partial charge is 0.496 e. The van der Waals surface area contributed by atoms with E-state index in [4.69, 9.17) is 4.74 Å². The van der Waals surface area contributed by atoms with Crippen LogP contribution in [0.1, 0.15) is 35.3 Å². The number of benzene rings is 2. The Kier molecular flexibility index (Phi) is 5.95. The standard InChI is InChI=1S/C19H22N2O3/c1-4-15-11-14(5-10-18(15)24-3)12-20-19(23)16-6-8-17(9-7-16)21-13(2)22/h5-11H,4,12H2,1-3H3,(H,20,23)(H,21,22). The van der Waals surface area contributed by atoms with E-state index in [0.717, 1.165) is 23.3 Å². The Morgan fingerprint density at radius 1 is 1.08 bits per heavy atom. The summed E-state index contributed by atoms with van der Waals surface area (Å²) < 4.78 is 5.31. The van der Waals surface area contributed by atoms with Gasteiger partial charge in [-0.1, -0.05) is 19.1 Å². The fourth-order valence-corrected chi connectivity index (χ4v) is 2.41. The van der Waals surface area contributed by atoms with Crippen LogP contribution in [0.4, 0.5) is 5.69 Å². The van der Waals surface area contributed by atoms with Crippen molar-refractivity contribution in [1.29, 1.82) is 0 Å². The molecule has 5 nitrogen and oxygen atoms in total. The van der Waals surface area contributed by atoms with Crippen LogP contribution in [0.5, 0.6) is 5.75 Å². The molecule has 0 saturated carbocycles. The van der Waals surface area contributed by atoms with Crippen LogP contribution in [0.25, 0.3) is 0 Å². The van der Waals surface area contributed by atoms with Crippen LogP contribution in [0.15, 0.2) is 42.5 Å². The highest BCUT2D eigenvalue weighted by Gasteiger charge is 2.07. The molecule has 0 heterocycles. The SMILES string of the molecule is CCc1cc(CNC(=O)c2ccc(NC(C)=O)cc2)ccc1OC. The molecule has 0 fully saturated rings. The molecule has 5 heteroatoms. The van der Waals surface area contributed by atoms with E-state index in [2.05, 4.69) is 17.6 Å². The number of carbonyl (C=O) groups is 2. The maximum absolute atomic E-state index is 12.2. The van der Waals surface area contributed by atoms with Gasteiger partial charge in [-0.25, -0.2) is 0 Å². The van der Waals surface area contributed by atoms with Gasteiger partial charge in [-0.2, -0.15) is 0 Å². The maximum atomic E-state index is 12.2. The van der Waals surface area contributed by atoms with Crippen LogP contribution >= 0.6 is 0 Å². The summed E-state index contributed by atoms with van der Waals surface area (Å²) in [4.78, 5) is 23.2. The Hall–Kier alpha value is -2.82. The molecule has 0 saturated heterocycles. The second-order valence-electron chi connectivity index (χ2n) is 5.44. The molecule has 0 aliphatic carbocycles. The molecule has 2 rings (SSSR count). The Balaban J connectivity index is 1.99. The molecule has 0 unspecified atom stereocenters. The highest BCUT2D eigenvalue weighted by Crippen LogP contribution is 2.20. The minimum absolute atomic E-state index is 0.140. The number of carbonyl (C=O) groups excluding carboxylic acids is 2. The molecular formula is C19H22N2O3. The third-order valence-electron chi connectivity index (χ3n) is 3.65. The van der Waals surface area contributed by atoms with Crippen LogP contribution in [-0.2, 0) is 17.8 Å². The van der Waals surface area contributed by atoms with Crippen molar-refractivity contribution < 1.29 is 14.3 Å². The number of aryl methyl sites for hydroxylation is 1. The van der Waals surface area contributed by atoms with Crippen LogP contribution < -0.4 is 15.4 Å². The number of ether oxygens (including phenoxy) is 1. The first-order valence-electron chi connectivity index (χ1n) is 7.85. The number of anilines is 1. The molecule has 2 aromatic carbocycles. The van der Waals surface area contributed by atoms with Gasteiger partial charge < -0.3 is 15.4 Å². The second-order valence-corrected chi connectivity index (χ2v) is 5.44. The Morgan fingerprint density at radius 2 is 1.79 bits per heavy atom. The van der Waals surface area contributed by atoms with E-state index >= 15 is 0 Å². The minimum atomic E-state index is -0.154. The number of amides is 2. The molecule has 2 aromatic rings. The maximum Gasteiger partial charge on any atom is 0.251 e. The van der Waals surface area contributed by atoms with Gasteiger partial charge in [0.15, 0.2) is 0 Å². The monoisotopic (exact) mass is 326 g/mol. The average molecular weight is 326 g/mol. The van der Waals surface area contributed by atoms with Crippen molar-refractivity contribution in [3.8, 4) is 5.75 Å². The molecule has 0 bridgehead atoms. The van der Waals surface area contributed by atoms with E-state index in [1.165, 1.54) is 6.92 Å². The Labute approximate surface area is 142 Å². The first-order chi connectivity index (χ1) is 11.5. The van der Waals surface area contributed by atoms with Gasteiger partial charge >= 0.3 is 0 Å². The summed E-state index contributed by atoms with van der Waals surface area (Å²) in [5, 5.41) is 5.57. The van der Waals surface area contributed by atoms with Gasteiger partial charge in [-0.3, -0.25) is 9.59 Å². The van der Waals surface area contributed by atoms with Gasteiger partial charge in [0.25, 0.3) is 5.91 Å². The molecule has 0 radical (unpaired) electrons. The Morgan fingerprint density at radius 3 is 2.38 bits per heavy atom. The van der Waals surface area contributed by atoms with E-state index in [1.54, 1.807) is 31.4 Å². The van der Waals surface area contributed by atoms with Crippen molar-refractivity contribution in [3.05, 3.63) is 59.2 Å². The number of hydrogen-bond acceptors (Lipinski definition) is 3. The zero-order valence-corrected chi connectivity index (χ0v) is 14.2. The quantitative estimate of drug-likeness (QED) is 0.857. The lowest BCUT2D eigenvalue weighted by Gasteiger charge is -2.10. The predicted molar refractivity (Wildman–Crippen MR) is 94.3 cm³/mol. The fourth-order valence-electron chi connectivity index (χ4n) is 2.41. The number of methoxy groups -OCH3 is 1. The lowest BCUT2D eigenvalue weighted by atomic mass is 10.1. The highest BCUT2D eigenvalue weighted by molar-refractivity contribution is 5.95. The fraction of sp³-hybridized carbons (Fsp3) is 0.263. The molecule has 0 aromatic heterocycles.